The van der Waals surface area contributed by atoms with Crippen LogP contribution in [0.15, 0.2) is 40.9 Å². The van der Waals surface area contributed by atoms with Crippen molar-refractivity contribution in [1.29, 1.82) is 0 Å². The molecule has 4 aromatic rings. The van der Waals surface area contributed by atoms with Gasteiger partial charge in [0.25, 0.3) is 0 Å². The lowest BCUT2D eigenvalue weighted by molar-refractivity contribution is -0.137. The first-order chi connectivity index (χ1) is 12.9. The van der Waals surface area contributed by atoms with E-state index in [-0.39, 0.29) is 5.52 Å². The summed E-state index contributed by atoms with van der Waals surface area (Å²) in [5.74, 6) is 1.50. The number of methoxy groups -OCH3 is 1. The van der Waals surface area contributed by atoms with Gasteiger partial charge in [0, 0.05) is 12.1 Å². The highest BCUT2D eigenvalue weighted by atomic mass is 19.4. The second kappa shape index (κ2) is 6.08. The molecule has 0 amide bonds. The molecule has 3 heterocycles. The highest BCUT2D eigenvalue weighted by Gasteiger charge is 2.31. The molecule has 0 saturated carbocycles. The fourth-order valence-electron chi connectivity index (χ4n) is 2.67. The molecule has 3 aromatic heterocycles. The highest BCUT2D eigenvalue weighted by molar-refractivity contribution is 5.83. The van der Waals surface area contributed by atoms with E-state index in [9.17, 15) is 13.2 Å². The summed E-state index contributed by atoms with van der Waals surface area (Å²) in [4.78, 5) is 4.33. The van der Waals surface area contributed by atoms with Gasteiger partial charge in [-0.1, -0.05) is 5.16 Å². The van der Waals surface area contributed by atoms with E-state index < -0.39 is 11.7 Å². The van der Waals surface area contributed by atoms with Crippen LogP contribution in [0.4, 0.5) is 13.2 Å². The average molecular weight is 375 g/mol. The summed E-state index contributed by atoms with van der Waals surface area (Å²) in [5, 5.41) is 11.9. The van der Waals surface area contributed by atoms with Gasteiger partial charge < -0.3 is 9.26 Å². The van der Waals surface area contributed by atoms with Gasteiger partial charge in [-0.05, 0) is 31.2 Å². The van der Waals surface area contributed by atoms with Gasteiger partial charge in [-0.25, -0.2) is 4.98 Å². The SMILES string of the molecule is COc1ccc(-n2c(-c3cc(C)on3)nc3cc(C(F)(F)F)ccc32)nn1. The van der Waals surface area contributed by atoms with Gasteiger partial charge in [0.15, 0.2) is 11.6 Å². The summed E-state index contributed by atoms with van der Waals surface area (Å²) in [6, 6.07) is 8.18. The minimum absolute atomic E-state index is 0.151. The first-order valence-electron chi connectivity index (χ1n) is 7.78. The van der Waals surface area contributed by atoms with Crippen LogP contribution in [0.3, 0.4) is 0 Å². The zero-order valence-corrected chi connectivity index (χ0v) is 14.2. The van der Waals surface area contributed by atoms with E-state index in [4.69, 9.17) is 9.26 Å². The molecule has 7 nitrogen and oxygen atoms in total. The van der Waals surface area contributed by atoms with E-state index in [1.54, 1.807) is 29.7 Å². The van der Waals surface area contributed by atoms with E-state index in [1.165, 1.54) is 13.2 Å². The lowest BCUT2D eigenvalue weighted by atomic mass is 10.2. The Kier molecular flexibility index (Phi) is 3.83. The van der Waals surface area contributed by atoms with E-state index in [1.807, 2.05) is 0 Å². The van der Waals surface area contributed by atoms with Crippen molar-refractivity contribution in [3.63, 3.8) is 0 Å². The number of aromatic nitrogens is 5. The lowest BCUT2D eigenvalue weighted by Crippen LogP contribution is -2.05. The number of aryl methyl sites for hydroxylation is 1. The minimum atomic E-state index is -4.47. The van der Waals surface area contributed by atoms with E-state index in [0.29, 0.717) is 34.5 Å². The van der Waals surface area contributed by atoms with Crippen LogP contribution >= 0.6 is 0 Å². The number of alkyl halides is 3. The number of halogens is 3. The smallest absolute Gasteiger partial charge is 0.416 e. The standard InChI is InChI=1S/C17H12F3N5O2/c1-9-7-12(24-27-9)16-21-11-8-10(17(18,19)20)3-4-13(11)25(16)14-5-6-15(26-2)23-22-14/h3-8H,1-2H3. The maximum absolute atomic E-state index is 13.1. The summed E-state index contributed by atoms with van der Waals surface area (Å²) in [5.41, 5.74) is 0.162. The van der Waals surface area contributed by atoms with Crippen molar-refractivity contribution < 1.29 is 22.4 Å². The fourth-order valence-corrected chi connectivity index (χ4v) is 2.67. The molecule has 4 rings (SSSR count). The molecule has 27 heavy (non-hydrogen) atoms. The van der Waals surface area contributed by atoms with Crippen LogP contribution < -0.4 is 4.74 Å². The highest BCUT2D eigenvalue weighted by Crippen LogP contribution is 2.34. The van der Waals surface area contributed by atoms with Crippen LogP contribution in [0.5, 0.6) is 5.88 Å². The second-order valence-corrected chi connectivity index (χ2v) is 5.73. The molecule has 0 saturated heterocycles. The zero-order chi connectivity index (χ0) is 19.2. The molecule has 0 fully saturated rings. The molecule has 0 radical (unpaired) electrons. The van der Waals surface area contributed by atoms with Crippen LogP contribution in [-0.2, 0) is 6.18 Å². The molecule has 10 heteroatoms. The third-order valence-corrected chi connectivity index (χ3v) is 3.90. The summed E-state index contributed by atoms with van der Waals surface area (Å²) in [7, 11) is 1.46. The first-order valence-corrected chi connectivity index (χ1v) is 7.78. The first kappa shape index (κ1) is 17.0. The van der Waals surface area contributed by atoms with Crippen LogP contribution in [-0.4, -0.2) is 32.0 Å². The molecule has 0 N–H and O–H groups in total. The Balaban J connectivity index is 1.98. The van der Waals surface area contributed by atoms with Gasteiger partial charge in [0.1, 0.15) is 11.5 Å². The number of nitrogens with zero attached hydrogens (tertiary/aromatic N) is 5. The van der Waals surface area contributed by atoms with Crippen molar-refractivity contribution in [3.8, 4) is 23.2 Å². The second-order valence-electron chi connectivity index (χ2n) is 5.73. The van der Waals surface area contributed by atoms with Crippen molar-refractivity contribution >= 4 is 11.0 Å². The predicted molar refractivity (Wildman–Crippen MR) is 88.4 cm³/mol. The molecule has 0 spiro atoms. The van der Waals surface area contributed by atoms with Crippen molar-refractivity contribution in [2.45, 2.75) is 13.1 Å². The quantitative estimate of drug-likeness (QED) is 0.542. The molecule has 0 aliphatic rings. The van der Waals surface area contributed by atoms with Crippen molar-refractivity contribution in [2.75, 3.05) is 7.11 Å². The van der Waals surface area contributed by atoms with E-state index >= 15 is 0 Å². The number of hydrogen-bond acceptors (Lipinski definition) is 6. The Morgan fingerprint density at radius 3 is 2.48 bits per heavy atom. The molecule has 0 atom stereocenters. The van der Waals surface area contributed by atoms with Crippen LogP contribution in [0, 0.1) is 6.92 Å². The molecule has 0 aliphatic carbocycles. The average Bonchev–Trinajstić information content (AvgIpc) is 3.23. The van der Waals surface area contributed by atoms with Crippen LogP contribution in [0.25, 0.3) is 28.4 Å². The Labute approximate surface area is 150 Å². The normalized spacial score (nSPS) is 11.9. The topological polar surface area (TPSA) is 78.9 Å². The Morgan fingerprint density at radius 2 is 1.89 bits per heavy atom. The minimum Gasteiger partial charge on any atom is -0.480 e. The maximum Gasteiger partial charge on any atom is 0.416 e. The molecule has 0 bridgehead atoms. The van der Waals surface area contributed by atoms with Crippen molar-refractivity contribution in [2.24, 2.45) is 0 Å². The number of ether oxygens (including phenoxy) is 1. The molecule has 138 valence electrons. The summed E-state index contributed by atoms with van der Waals surface area (Å²) >= 11 is 0. The fraction of sp³-hybridized carbons (Fsp3) is 0.176. The van der Waals surface area contributed by atoms with Crippen LogP contribution in [0.2, 0.25) is 0 Å². The monoisotopic (exact) mass is 375 g/mol. The van der Waals surface area contributed by atoms with Gasteiger partial charge in [-0.2, -0.15) is 13.2 Å². The zero-order valence-electron chi connectivity index (χ0n) is 14.2. The van der Waals surface area contributed by atoms with Gasteiger partial charge in [0.2, 0.25) is 5.88 Å². The molecular formula is C17H12F3N5O2. The molecule has 0 unspecified atom stereocenters. The summed E-state index contributed by atoms with van der Waals surface area (Å²) in [6.45, 7) is 1.71. The summed E-state index contributed by atoms with van der Waals surface area (Å²) < 4.78 is 50.8. The third-order valence-electron chi connectivity index (χ3n) is 3.90. The van der Waals surface area contributed by atoms with Crippen molar-refractivity contribution in [1.82, 2.24) is 24.9 Å². The van der Waals surface area contributed by atoms with Gasteiger partial charge >= 0.3 is 6.18 Å². The molecule has 1 aromatic carbocycles. The van der Waals surface area contributed by atoms with Gasteiger partial charge in [-0.15, -0.1) is 10.2 Å². The largest absolute Gasteiger partial charge is 0.480 e. The van der Waals surface area contributed by atoms with Gasteiger partial charge in [0.05, 0.1) is 23.7 Å². The predicted octanol–water partition coefficient (Wildman–Crippen LogP) is 3.81. The van der Waals surface area contributed by atoms with Crippen LogP contribution in [0.1, 0.15) is 11.3 Å². The van der Waals surface area contributed by atoms with Crippen molar-refractivity contribution in [3.05, 3.63) is 47.7 Å². The number of rotatable bonds is 3. The molecular weight excluding hydrogens is 363 g/mol. The Morgan fingerprint density at radius 1 is 1.07 bits per heavy atom. The third kappa shape index (κ3) is 2.98. The number of imidazole rings is 1. The maximum atomic E-state index is 13.1. The lowest BCUT2D eigenvalue weighted by Gasteiger charge is -2.08. The molecule has 0 aliphatic heterocycles. The number of benzene rings is 1. The Bertz CT molecular complexity index is 1120. The van der Waals surface area contributed by atoms with E-state index in [2.05, 4.69) is 20.3 Å². The van der Waals surface area contributed by atoms with E-state index in [0.717, 1.165) is 12.1 Å². The summed E-state index contributed by atoms with van der Waals surface area (Å²) in [6.07, 6.45) is -4.47. The number of fused-ring (bicyclic) bond motifs is 1. The van der Waals surface area contributed by atoms with Gasteiger partial charge in [-0.3, -0.25) is 4.57 Å². The number of hydrogen-bond donors (Lipinski definition) is 0. The Hall–Kier alpha value is -3.43.